The Morgan fingerprint density at radius 1 is 1.10 bits per heavy atom. The van der Waals surface area contributed by atoms with Gasteiger partial charge in [0.2, 0.25) is 0 Å². The first-order valence-corrected chi connectivity index (χ1v) is 9.54. The number of ketones is 1. The molecule has 8 heteroatoms. The fraction of sp³-hybridized carbons (Fsp3) is 0.273. The average Bonchev–Trinajstić information content (AvgIpc) is 2.98. The van der Waals surface area contributed by atoms with Crippen molar-refractivity contribution in [3.63, 3.8) is 0 Å². The molecule has 1 atom stereocenters. The summed E-state index contributed by atoms with van der Waals surface area (Å²) in [5, 5.41) is 21.9. The smallest absolute Gasteiger partial charge is 0.295 e. The van der Waals surface area contributed by atoms with E-state index in [4.69, 9.17) is 0 Å². The molecular weight excluding hydrogens is 386 g/mol. The summed E-state index contributed by atoms with van der Waals surface area (Å²) in [6, 6.07) is 13.4. The molecule has 0 radical (unpaired) electrons. The SMILES string of the molecule is CN(C)CCCN1C(=O)C(=O)C(=C(O)c2ccccc2)[C@@H]1c1ccc([N+](=O)[O-])cc1. The zero-order valence-electron chi connectivity index (χ0n) is 16.8. The second kappa shape index (κ2) is 8.87. The van der Waals surface area contributed by atoms with Crippen LogP contribution in [0.25, 0.3) is 5.76 Å². The number of carbonyl (C=O) groups is 2. The lowest BCUT2D eigenvalue weighted by atomic mass is 9.95. The molecule has 2 aromatic rings. The molecule has 1 aliphatic heterocycles. The number of aliphatic hydroxyl groups is 1. The Labute approximate surface area is 174 Å². The number of hydrogen-bond donors (Lipinski definition) is 1. The summed E-state index contributed by atoms with van der Waals surface area (Å²) in [5.41, 5.74) is 0.856. The minimum Gasteiger partial charge on any atom is -0.507 e. The third-order valence-electron chi connectivity index (χ3n) is 5.01. The van der Waals surface area contributed by atoms with Crippen LogP contribution in [0.4, 0.5) is 5.69 Å². The summed E-state index contributed by atoms with van der Waals surface area (Å²) in [7, 11) is 3.83. The van der Waals surface area contributed by atoms with Crippen LogP contribution in [0.5, 0.6) is 0 Å². The maximum atomic E-state index is 12.9. The fourth-order valence-electron chi connectivity index (χ4n) is 3.54. The van der Waals surface area contributed by atoms with E-state index in [9.17, 15) is 24.8 Å². The normalized spacial score (nSPS) is 18.2. The van der Waals surface area contributed by atoms with Crippen LogP contribution in [0, 0.1) is 10.1 Å². The van der Waals surface area contributed by atoms with Crippen molar-refractivity contribution in [3.8, 4) is 0 Å². The standard InChI is InChI=1S/C22H23N3O5/c1-23(2)13-6-14-24-19(15-9-11-17(12-10-15)25(29)30)18(21(27)22(24)28)20(26)16-7-4-3-5-8-16/h3-5,7-12,19,26H,6,13-14H2,1-2H3/t19-/m0/s1. The molecule has 8 nitrogen and oxygen atoms in total. The second-order valence-corrected chi connectivity index (χ2v) is 7.36. The first-order chi connectivity index (χ1) is 14.3. The van der Waals surface area contributed by atoms with Gasteiger partial charge in [-0.3, -0.25) is 19.7 Å². The number of rotatable bonds is 7. The van der Waals surface area contributed by atoms with Gasteiger partial charge in [0.05, 0.1) is 16.5 Å². The number of carbonyl (C=O) groups excluding carboxylic acids is 2. The van der Waals surface area contributed by atoms with Crippen molar-refractivity contribution in [1.29, 1.82) is 0 Å². The molecule has 1 heterocycles. The van der Waals surface area contributed by atoms with Gasteiger partial charge in [0.25, 0.3) is 17.4 Å². The van der Waals surface area contributed by atoms with E-state index in [1.807, 2.05) is 19.0 Å². The molecule has 1 aliphatic rings. The van der Waals surface area contributed by atoms with Crippen LogP contribution in [-0.2, 0) is 9.59 Å². The lowest BCUT2D eigenvalue weighted by molar-refractivity contribution is -0.384. The number of non-ortho nitro benzene ring substituents is 1. The predicted octanol–water partition coefficient (Wildman–Crippen LogP) is 2.97. The molecule has 0 bridgehead atoms. The van der Waals surface area contributed by atoms with Crippen LogP contribution in [0.2, 0.25) is 0 Å². The Bertz CT molecular complexity index is 984. The number of nitro benzene ring substituents is 1. The van der Waals surface area contributed by atoms with Crippen molar-refractivity contribution in [2.45, 2.75) is 12.5 Å². The van der Waals surface area contributed by atoms with Gasteiger partial charge in [-0.2, -0.15) is 0 Å². The molecule has 30 heavy (non-hydrogen) atoms. The highest BCUT2D eigenvalue weighted by atomic mass is 16.6. The van der Waals surface area contributed by atoms with Gasteiger partial charge in [0.1, 0.15) is 5.76 Å². The van der Waals surface area contributed by atoms with Crippen LogP contribution >= 0.6 is 0 Å². The van der Waals surface area contributed by atoms with Crippen LogP contribution < -0.4 is 0 Å². The topological polar surface area (TPSA) is 104 Å². The molecule has 1 saturated heterocycles. The Morgan fingerprint density at radius 2 is 1.73 bits per heavy atom. The highest BCUT2D eigenvalue weighted by Gasteiger charge is 2.45. The van der Waals surface area contributed by atoms with E-state index in [0.29, 0.717) is 30.6 Å². The Hall–Kier alpha value is -3.52. The van der Waals surface area contributed by atoms with Gasteiger partial charge in [-0.25, -0.2) is 0 Å². The van der Waals surface area contributed by atoms with Crippen LogP contribution in [0.3, 0.4) is 0 Å². The summed E-state index contributed by atoms with van der Waals surface area (Å²) >= 11 is 0. The lowest BCUT2D eigenvalue weighted by Crippen LogP contribution is -2.32. The van der Waals surface area contributed by atoms with Gasteiger partial charge in [-0.05, 0) is 44.8 Å². The zero-order chi connectivity index (χ0) is 21.8. The molecule has 1 fully saturated rings. The van der Waals surface area contributed by atoms with Crippen molar-refractivity contribution >= 4 is 23.1 Å². The first-order valence-electron chi connectivity index (χ1n) is 9.54. The van der Waals surface area contributed by atoms with Crippen molar-refractivity contribution in [2.75, 3.05) is 27.2 Å². The third-order valence-corrected chi connectivity index (χ3v) is 5.01. The molecule has 156 valence electrons. The van der Waals surface area contributed by atoms with Crippen LogP contribution in [0.1, 0.15) is 23.6 Å². The number of likely N-dealkylation sites (tertiary alicyclic amines) is 1. The van der Waals surface area contributed by atoms with Gasteiger partial charge in [-0.1, -0.05) is 30.3 Å². The lowest BCUT2D eigenvalue weighted by Gasteiger charge is -2.25. The Morgan fingerprint density at radius 3 is 2.30 bits per heavy atom. The van der Waals surface area contributed by atoms with Gasteiger partial charge in [-0.15, -0.1) is 0 Å². The summed E-state index contributed by atoms with van der Waals surface area (Å²) < 4.78 is 0. The van der Waals surface area contributed by atoms with Crippen molar-refractivity contribution < 1.29 is 19.6 Å². The van der Waals surface area contributed by atoms with Crippen molar-refractivity contribution in [1.82, 2.24) is 9.80 Å². The molecule has 1 amide bonds. The van der Waals surface area contributed by atoms with Crippen molar-refractivity contribution in [2.24, 2.45) is 0 Å². The number of nitro groups is 1. The molecule has 3 rings (SSSR count). The van der Waals surface area contributed by atoms with Gasteiger partial charge in [0, 0.05) is 24.2 Å². The Kier molecular flexibility index (Phi) is 6.27. The predicted molar refractivity (Wildman–Crippen MR) is 112 cm³/mol. The molecule has 2 aromatic carbocycles. The molecular formula is C22H23N3O5. The van der Waals surface area contributed by atoms with E-state index in [1.165, 1.54) is 29.2 Å². The van der Waals surface area contributed by atoms with E-state index in [-0.39, 0.29) is 17.0 Å². The number of Topliss-reactive ketones (excluding diaryl/α,β-unsaturated/α-hetero) is 1. The van der Waals surface area contributed by atoms with E-state index < -0.39 is 22.7 Å². The maximum absolute atomic E-state index is 12.9. The summed E-state index contributed by atoms with van der Waals surface area (Å²) in [6.45, 7) is 1.03. The zero-order valence-corrected chi connectivity index (χ0v) is 16.8. The molecule has 0 unspecified atom stereocenters. The van der Waals surface area contributed by atoms with Gasteiger partial charge >= 0.3 is 0 Å². The number of amides is 1. The van der Waals surface area contributed by atoms with E-state index in [2.05, 4.69) is 0 Å². The third kappa shape index (κ3) is 4.23. The minimum absolute atomic E-state index is 0.00935. The monoisotopic (exact) mass is 409 g/mol. The largest absolute Gasteiger partial charge is 0.507 e. The van der Waals surface area contributed by atoms with Crippen LogP contribution in [-0.4, -0.2) is 58.7 Å². The molecule has 0 spiro atoms. The van der Waals surface area contributed by atoms with Gasteiger partial charge in [0.15, 0.2) is 0 Å². The van der Waals surface area contributed by atoms with E-state index in [1.54, 1.807) is 30.3 Å². The average molecular weight is 409 g/mol. The number of benzene rings is 2. The van der Waals surface area contributed by atoms with Crippen molar-refractivity contribution in [3.05, 3.63) is 81.4 Å². The summed E-state index contributed by atoms with van der Waals surface area (Å²) in [5.74, 6) is -1.70. The quantitative estimate of drug-likeness (QED) is 0.248. The van der Waals surface area contributed by atoms with E-state index in [0.717, 1.165) is 0 Å². The first kappa shape index (κ1) is 21.2. The highest BCUT2D eigenvalue weighted by Crippen LogP contribution is 2.39. The molecule has 0 aliphatic carbocycles. The highest BCUT2D eigenvalue weighted by molar-refractivity contribution is 6.46. The summed E-state index contributed by atoms with van der Waals surface area (Å²) in [6.07, 6.45) is 0.634. The maximum Gasteiger partial charge on any atom is 0.295 e. The minimum atomic E-state index is -0.812. The number of aliphatic hydroxyl groups excluding tert-OH is 1. The fourth-order valence-corrected chi connectivity index (χ4v) is 3.54. The Balaban J connectivity index is 2.08. The molecule has 0 aromatic heterocycles. The van der Waals surface area contributed by atoms with E-state index >= 15 is 0 Å². The van der Waals surface area contributed by atoms with Gasteiger partial charge < -0.3 is 14.9 Å². The second-order valence-electron chi connectivity index (χ2n) is 7.36. The van der Waals surface area contributed by atoms with Crippen LogP contribution in [0.15, 0.2) is 60.2 Å². The molecule has 0 saturated carbocycles. The molecule has 1 N–H and O–H groups in total. The summed E-state index contributed by atoms with van der Waals surface area (Å²) in [4.78, 5) is 39.5. The number of nitrogens with zero attached hydrogens (tertiary/aromatic N) is 3. The number of hydrogen-bond acceptors (Lipinski definition) is 6.